The molecule has 7 heteroatoms. The molecule has 0 aliphatic rings. The van der Waals surface area contributed by atoms with E-state index >= 15 is 0 Å². The number of benzene rings is 1. The van der Waals surface area contributed by atoms with Crippen LogP contribution in [0.15, 0.2) is 53.1 Å². The smallest absolute Gasteiger partial charge is 0.239 e. The van der Waals surface area contributed by atoms with Crippen molar-refractivity contribution in [3.8, 4) is 0 Å². The number of nitrogens with one attached hydrogen (secondary N) is 3. The van der Waals surface area contributed by atoms with Gasteiger partial charge < -0.3 is 20.4 Å². The Balaban J connectivity index is 1.80. The second-order valence-electron chi connectivity index (χ2n) is 5.50. The predicted octanol–water partition coefficient (Wildman–Crippen LogP) is 1.28. The van der Waals surface area contributed by atoms with E-state index < -0.39 is 6.04 Å². The van der Waals surface area contributed by atoms with Crippen molar-refractivity contribution in [1.82, 2.24) is 16.0 Å². The zero-order valence-corrected chi connectivity index (χ0v) is 14.0. The summed E-state index contributed by atoms with van der Waals surface area (Å²) >= 11 is 0. The Morgan fingerprint density at radius 2 is 1.76 bits per heavy atom. The number of carbonyl (C=O) groups is 3. The minimum absolute atomic E-state index is 0.0507. The molecular weight excluding hydrogens is 322 g/mol. The van der Waals surface area contributed by atoms with Gasteiger partial charge in [-0.1, -0.05) is 30.3 Å². The van der Waals surface area contributed by atoms with Crippen LogP contribution in [0.3, 0.4) is 0 Å². The summed E-state index contributed by atoms with van der Waals surface area (Å²) in [5.41, 5.74) is 0.829. The molecule has 1 aromatic carbocycles. The highest BCUT2D eigenvalue weighted by atomic mass is 16.3. The lowest BCUT2D eigenvalue weighted by atomic mass is 10.0. The van der Waals surface area contributed by atoms with Crippen molar-refractivity contribution < 1.29 is 18.8 Å². The maximum absolute atomic E-state index is 12.1. The highest BCUT2D eigenvalue weighted by Gasteiger charge is 2.17. The molecule has 2 aromatic rings. The fourth-order valence-electron chi connectivity index (χ4n) is 2.28. The Hall–Kier alpha value is -3.09. The van der Waals surface area contributed by atoms with Gasteiger partial charge in [0.1, 0.15) is 5.76 Å². The molecule has 3 amide bonds. The molecule has 3 N–H and O–H groups in total. The van der Waals surface area contributed by atoms with Crippen LogP contribution in [0.5, 0.6) is 0 Å². The summed E-state index contributed by atoms with van der Waals surface area (Å²) in [4.78, 5) is 35.2. The maximum Gasteiger partial charge on any atom is 0.239 e. The zero-order chi connectivity index (χ0) is 18.1. The summed E-state index contributed by atoms with van der Waals surface area (Å²) in [5, 5.41) is 7.94. The normalized spacial score (nSPS) is 11.4. The zero-order valence-electron chi connectivity index (χ0n) is 14.0. The van der Waals surface area contributed by atoms with E-state index in [9.17, 15) is 14.4 Å². The van der Waals surface area contributed by atoms with Gasteiger partial charge in [0.2, 0.25) is 17.7 Å². The molecule has 0 unspecified atom stereocenters. The average molecular weight is 343 g/mol. The first-order valence-electron chi connectivity index (χ1n) is 7.92. The van der Waals surface area contributed by atoms with Crippen LogP contribution in [0, 0.1) is 0 Å². The minimum Gasteiger partial charge on any atom is -0.467 e. The van der Waals surface area contributed by atoms with Gasteiger partial charge in [-0.25, -0.2) is 0 Å². The van der Waals surface area contributed by atoms with Gasteiger partial charge in [-0.15, -0.1) is 0 Å². The maximum atomic E-state index is 12.1. The van der Waals surface area contributed by atoms with Crippen molar-refractivity contribution in [1.29, 1.82) is 0 Å². The van der Waals surface area contributed by atoms with Gasteiger partial charge in [0.25, 0.3) is 0 Å². The van der Waals surface area contributed by atoms with Crippen LogP contribution in [0.2, 0.25) is 0 Å². The van der Waals surface area contributed by atoms with E-state index in [1.54, 1.807) is 12.1 Å². The van der Waals surface area contributed by atoms with Gasteiger partial charge in [0.15, 0.2) is 0 Å². The van der Waals surface area contributed by atoms with Crippen LogP contribution < -0.4 is 16.0 Å². The van der Waals surface area contributed by atoms with E-state index in [1.807, 2.05) is 30.3 Å². The van der Waals surface area contributed by atoms with E-state index in [1.165, 1.54) is 13.2 Å². The molecule has 0 spiro atoms. The van der Waals surface area contributed by atoms with Gasteiger partial charge in [0.05, 0.1) is 31.8 Å². The first-order chi connectivity index (χ1) is 12.0. The summed E-state index contributed by atoms with van der Waals surface area (Å²) in [5.74, 6) is -0.233. The van der Waals surface area contributed by atoms with Crippen molar-refractivity contribution in [3.05, 3.63) is 60.1 Å². The molecular formula is C18H21N3O4. The summed E-state index contributed by atoms with van der Waals surface area (Å²) in [7, 11) is 0. The van der Waals surface area contributed by atoms with Gasteiger partial charge >= 0.3 is 0 Å². The van der Waals surface area contributed by atoms with E-state index in [0.717, 1.165) is 5.56 Å². The molecule has 0 fully saturated rings. The van der Waals surface area contributed by atoms with E-state index in [2.05, 4.69) is 16.0 Å². The second-order valence-corrected chi connectivity index (χ2v) is 5.50. The first kappa shape index (κ1) is 18.3. The third kappa shape index (κ3) is 6.50. The van der Waals surface area contributed by atoms with Gasteiger partial charge in [-0.2, -0.15) is 0 Å². The quantitative estimate of drug-likeness (QED) is 0.672. The Morgan fingerprint density at radius 1 is 1.00 bits per heavy atom. The van der Waals surface area contributed by atoms with Crippen molar-refractivity contribution in [2.45, 2.75) is 25.9 Å². The third-order valence-electron chi connectivity index (χ3n) is 3.45. The Kier molecular flexibility index (Phi) is 6.76. The van der Waals surface area contributed by atoms with Crippen LogP contribution in [0.25, 0.3) is 0 Å². The van der Waals surface area contributed by atoms with E-state index in [4.69, 9.17) is 4.42 Å². The summed E-state index contributed by atoms with van der Waals surface area (Å²) in [6.45, 7) is 1.53. The molecule has 25 heavy (non-hydrogen) atoms. The molecule has 0 aliphatic carbocycles. The molecule has 7 nitrogen and oxygen atoms in total. The second kappa shape index (κ2) is 9.27. The Labute approximate surface area is 145 Å². The van der Waals surface area contributed by atoms with Crippen LogP contribution in [-0.4, -0.2) is 24.3 Å². The van der Waals surface area contributed by atoms with Gasteiger partial charge in [0, 0.05) is 6.92 Å². The molecule has 1 heterocycles. The van der Waals surface area contributed by atoms with Crippen molar-refractivity contribution >= 4 is 17.7 Å². The van der Waals surface area contributed by atoms with Crippen LogP contribution in [0.1, 0.15) is 30.7 Å². The molecule has 1 aromatic heterocycles. The number of carbonyl (C=O) groups excluding carboxylic acids is 3. The third-order valence-corrected chi connectivity index (χ3v) is 3.45. The Bertz CT molecular complexity index is 698. The molecule has 0 radical (unpaired) electrons. The number of amides is 3. The van der Waals surface area contributed by atoms with Gasteiger partial charge in [-0.3, -0.25) is 14.4 Å². The summed E-state index contributed by atoms with van der Waals surface area (Å²) in [6.07, 6.45) is 1.57. The highest BCUT2D eigenvalue weighted by Crippen LogP contribution is 2.16. The summed E-state index contributed by atoms with van der Waals surface area (Å²) < 4.78 is 5.11. The highest BCUT2D eigenvalue weighted by molar-refractivity contribution is 5.85. The number of hydrogen-bond acceptors (Lipinski definition) is 4. The van der Waals surface area contributed by atoms with E-state index in [-0.39, 0.29) is 37.2 Å². The molecule has 132 valence electrons. The predicted molar refractivity (Wildman–Crippen MR) is 91.2 cm³/mol. The van der Waals surface area contributed by atoms with Crippen molar-refractivity contribution in [2.24, 2.45) is 0 Å². The summed E-state index contributed by atoms with van der Waals surface area (Å²) in [6, 6.07) is 12.2. The fraction of sp³-hybridized carbons (Fsp3) is 0.278. The minimum atomic E-state index is -0.440. The molecule has 2 rings (SSSR count). The average Bonchev–Trinajstić information content (AvgIpc) is 3.11. The number of furan rings is 1. The molecule has 0 aliphatic heterocycles. The monoisotopic (exact) mass is 343 g/mol. The lowest BCUT2D eigenvalue weighted by Gasteiger charge is -2.18. The topological polar surface area (TPSA) is 100 Å². The van der Waals surface area contributed by atoms with Crippen LogP contribution in [0.4, 0.5) is 0 Å². The largest absolute Gasteiger partial charge is 0.467 e. The molecule has 0 bridgehead atoms. The molecule has 1 atom stereocenters. The van der Waals surface area contributed by atoms with Crippen molar-refractivity contribution in [3.63, 3.8) is 0 Å². The number of rotatable bonds is 8. The lowest BCUT2D eigenvalue weighted by molar-refractivity contribution is -0.127. The van der Waals surface area contributed by atoms with E-state index in [0.29, 0.717) is 5.76 Å². The standard InChI is InChI=1S/C18H21N3O4/c1-13(22)21-16(14-6-3-2-4-7-14)10-17(23)20-12-18(24)19-11-15-8-5-9-25-15/h2-9,16H,10-12H2,1H3,(H,19,24)(H,20,23)(H,21,22)/t16-/m0/s1. The van der Waals surface area contributed by atoms with Crippen LogP contribution >= 0.6 is 0 Å². The fourth-order valence-corrected chi connectivity index (χ4v) is 2.28. The SMILES string of the molecule is CC(=O)N[C@@H](CC(=O)NCC(=O)NCc1ccco1)c1ccccc1. The Morgan fingerprint density at radius 3 is 2.40 bits per heavy atom. The van der Waals surface area contributed by atoms with Gasteiger partial charge in [-0.05, 0) is 17.7 Å². The molecule has 0 saturated carbocycles. The first-order valence-corrected chi connectivity index (χ1v) is 7.92. The van der Waals surface area contributed by atoms with Crippen LogP contribution in [-0.2, 0) is 20.9 Å². The lowest BCUT2D eigenvalue weighted by Crippen LogP contribution is -2.38. The van der Waals surface area contributed by atoms with Crippen molar-refractivity contribution in [2.75, 3.05) is 6.54 Å². The number of hydrogen-bond donors (Lipinski definition) is 3. The molecule has 0 saturated heterocycles.